The summed E-state index contributed by atoms with van der Waals surface area (Å²) in [5.41, 5.74) is 5.63. The quantitative estimate of drug-likeness (QED) is 0.678. The van der Waals surface area contributed by atoms with E-state index in [0.717, 1.165) is 31.8 Å². The van der Waals surface area contributed by atoms with E-state index in [9.17, 15) is 4.79 Å². The number of carbonyl (C=O) groups is 1. The molecule has 1 fully saturated rings. The van der Waals surface area contributed by atoms with Crippen molar-refractivity contribution in [3.63, 3.8) is 0 Å². The molecule has 1 saturated heterocycles. The first-order valence-corrected chi connectivity index (χ1v) is 5.65. The third-order valence-corrected chi connectivity index (χ3v) is 2.80. The van der Waals surface area contributed by atoms with Gasteiger partial charge in [0.15, 0.2) is 0 Å². The lowest BCUT2D eigenvalue weighted by atomic mass is 10.1. The molecule has 0 spiro atoms. The monoisotopic (exact) mass is 198 g/mol. The zero-order valence-corrected chi connectivity index (χ0v) is 9.33. The number of unbranched alkanes of at least 4 members (excludes halogenated alkanes) is 1. The highest BCUT2D eigenvalue weighted by Crippen LogP contribution is 2.12. The van der Waals surface area contributed by atoms with Gasteiger partial charge in [-0.1, -0.05) is 26.7 Å². The van der Waals surface area contributed by atoms with Crippen LogP contribution in [0.3, 0.4) is 0 Å². The molecule has 1 atom stereocenters. The fourth-order valence-corrected chi connectivity index (χ4v) is 1.84. The molecule has 3 heteroatoms. The van der Waals surface area contributed by atoms with E-state index >= 15 is 0 Å². The summed E-state index contributed by atoms with van der Waals surface area (Å²) in [5.74, 6) is 0.918. The molecule has 1 heterocycles. The molecule has 0 saturated carbocycles. The molecule has 0 aromatic rings. The molecular weight excluding hydrogens is 176 g/mol. The minimum absolute atomic E-state index is 0.148. The van der Waals surface area contributed by atoms with E-state index in [-0.39, 0.29) is 11.9 Å². The predicted molar refractivity (Wildman–Crippen MR) is 57.9 cm³/mol. The molecule has 0 bridgehead atoms. The van der Waals surface area contributed by atoms with E-state index in [0.29, 0.717) is 0 Å². The SMILES string of the molecule is CC(C)CCCCN1CCC(N)C1=O. The van der Waals surface area contributed by atoms with Gasteiger partial charge in [0.05, 0.1) is 6.04 Å². The second-order valence-electron chi connectivity index (χ2n) is 4.61. The van der Waals surface area contributed by atoms with Crippen LogP contribution in [-0.2, 0) is 4.79 Å². The van der Waals surface area contributed by atoms with Crippen molar-refractivity contribution in [2.75, 3.05) is 13.1 Å². The molecular formula is C11H22N2O. The Balaban J connectivity index is 2.10. The maximum atomic E-state index is 11.4. The highest BCUT2D eigenvalue weighted by molar-refractivity contribution is 5.83. The second kappa shape index (κ2) is 5.35. The minimum atomic E-state index is -0.222. The van der Waals surface area contributed by atoms with E-state index in [1.165, 1.54) is 12.8 Å². The molecule has 2 N–H and O–H groups in total. The number of likely N-dealkylation sites (tertiary alicyclic amines) is 1. The Labute approximate surface area is 86.6 Å². The van der Waals surface area contributed by atoms with E-state index in [2.05, 4.69) is 13.8 Å². The van der Waals surface area contributed by atoms with Crippen LogP contribution < -0.4 is 5.73 Å². The number of amides is 1. The average Bonchev–Trinajstić information content (AvgIpc) is 2.43. The number of nitrogens with two attached hydrogens (primary N) is 1. The van der Waals surface area contributed by atoms with Crippen molar-refractivity contribution in [2.24, 2.45) is 11.7 Å². The van der Waals surface area contributed by atoms with Gasteiger partial charge in [-0.25, -0.2) is 0 Å². The Morgan fingerprint density at radius 1 is 1.50 bits per heavy atom. The summed E-state index contributed by atoms with van der Waals surface area (Å²) < 4.78 is 0. The van der Waals surface area contributed by atoms with Crippen LogP contribution in [0.25, 0.3) is 0 Å². The van der Waals surface area contributed by atoms with E-state index < -0.39 is 0 Å². The summed E-state index contributed by atoms with van der Waals surface area (Å²) in [4.78, 5) is 13.3. The van der Waals surface area contributed by atoms with Crippen LogP contribution in [-0.4, -0.2) is 29.9 Å². The van der Waals surface area contributed by atoms with Crippen molar-refractivity contribution in [2.45, 2.75) is 45.6 Å². The van der Waals surface area contributed by atoms with Crippen molar-refractivity contribution >= 4 is 5.91 Å². The molecule has 0 aliphatic carbocycles. The first-order valence-electron chi connectivity index (χ1n) is 5.65. The zero-order chi connectivity index (χ0) is 10.6. The first-order chi connectivity index (χ1) is 6.61. The van der Waals surface area contributed by atoms with Crippen molar-refractivity contribution in [3.05, 3.63) is 0 Å². The summed E-state index contributed by atoms with van der Waals surface area (Å²) in [6, 6.07) is -0.222. The zero-order valence-electron chi connectivity index (χ0n) is 9.33. The Morgan fingerprint density at radius 2 is 2.21 bits per heavy atom. The van der Waals surface area contributed by atoms with Crippen LogP contribution in [0.2, 0.25) is 0 Å². The van der Waals surface area contributed by atoms with Gasteiger partial charge < -0.3 is 10.6 Å². The van der Waals surface area contributed by atoms with Crippen molar-refractivity contribution in [1.82, 2.24) is 4.90 Å². The van der Waals surface area contributed by atoms with Gasteiger partial charge in [-0.15, -0.1) is 0 Å². The maximum Gasteiger partial charge on any atom is 0.239 e. The number of hydrogen-bond donors (Lipinski definition) is 1. The number of nitrogens with zero attached hydrogens (tertiary/aromatic N) is 1. The summed E-state index contributed by atoms with van der Waals surface area (Å²) in [6.45, 7) is 6.23. The standard InChI is InChI=1S/C11H22N2O/c1-9(2)5-3-4-7-13-8-6-10(12)11(13)14/h9-10H,3-8,12H2,1-2H3. The molecule has 1 aliphatic heterocycles. The highest BCUT2D eigenvalue weighted by atomic mass is 16.2. The summed E-state index contributed by atoms with van der Waals surface area (Å²) in [5, 5.41) is 0. The third-order valence-electron chi connectivity index (χ3n) is 2.80. The van der Waals surface area contributed by atoms with Crippen LogP contribution in [0.4, 0.5) is 0 Å². The van der Waals surface area contributed by atoms with Crippen LogP contribution in [0.15, 0.2) is 0 Å². The van der Waals surface area contributed by atoms with Gasteiger partial charge >= 0.3 is 0 Å². The number of rotatable bonds is 5. The maximum absolute atomic E-state index is 11.4. The topological polar surface area (TPSA) is 46.3 Å². The lowest BCUT2D eigenvalue weighted by Gasteiger charge is -2.15. The van der Waals surface area contributed by atoms with Crippen LogP contribution in [0.5, 0.6) is 0 Å². The molecule has 1 unspecified atom stereocenters. The summed E-state index contributed by atoms with van der Waals surface area (Å²) >= 11 is 0. The average molecular weight is 198 g/mol. The van der Waals surface area contributed by atoms with E-state index in [1.807, 2.05) is 4.90 Å². The Bertz CT molecular complexity index is 192. The fourth-order valence-electron chi connectivity index (χ4n) is 1.84. The molecule has 1 amide bonds. The lowest BCUT2D eigenvalue weighted by Crippen LogP contribution is -2.34. The highest BCUT2D eigenvalue weighted by Gasteiger charge is 2.27. The van der Waals surface area contributed by atoms with Gasteiger partial charge in [0, 0.05) is 13.1 Å². The number of hydrogen-bond acceptors (Lipinski definition) is 2. The van der Waals surface area contributed by atoms with E-state index in [1.54, 1.807) is 0 Å². The minimum Gasteiger partial charge on any atom is -0.341 e. The smallest absolute Gasteiger partial charge is 0.239 e. The largest absolute Gasteiger partial charge is 0.341 e. The number of carbonyl (C=O) groups excluding carboxylic acids is 1. The van der Waals surface area contributed by atoms with Gasteiger partial charge in [0.25, 0.3) is 0 Å². The van der Waals surface area contributed by atoms with Gasteiger partial charge in [-0.05, 0) is 18.8 Å². The normalized spacial score (nSPS) is 22.4. The Kier molecular flexibility index (Phi) is 4.39. The fraction of sp³-hybridized carbons (Fsp3) is 0.909. The molecule has 14 heavy (non-hydrogen) atoms. The van der Waals surface area contributed by atoms with Crippen molar-refractivity contribution in [1.29, 1.82) is 0 Å². The van der Waals surface area contributed by atoms with E-state index in [4.69, 9.17) is 5.73 Å². The van der Waals surface area contributed by atoms with Crippen molar-refractivity contribution in [3.8, 4) is 0 Å². The van der Waals surface area contributed by atoms with Crippen LogP contribution in [0, 0.1) is 5.92 Å². The molecule has 82 valence electrons. The summed E-state index contributed by atoms with van der Waals surface area (Å²) in [6.07, 6.45) is 4.43. The Hall–Kier alpha value is -0.570. The van der Waals surface area contributed by atoms with Gasteiger partial charge in [-0.3, -0.25) is 4.79 Å². The van der Waals surface area contributed by atoms with Crippen LogP contribution >= 0.6 is 0 Å². The second-order valence-corrected chi connectivity index (χ2v) is 4.61. The molecule has 0 aromatic carbocycles. The molecule has 1 aliphatic rings. The third kappa shape index (κ3) is 3.29. The molecule has 0 aromatic heterocycles. The van der Waals surface area contributed by atoms with Crippen LogP contribution in [0.1, 0.15) is 39.5 Å². The molecule has 1 rings (SSSR count). The molecule has 0 radical (unpaired) electrons. The van der Waals surface area contributed by atoms with Gasteiger partial charge in [-0.2, -0.15) is 0 Å². The summed E-state index contributed by atoms with van der Waals surface area (Å²) in [7, 11) is 0. The van der Waals surface area contributed by atoms with Gasteiger partial charge in [0.1, 0.15) is 0 Å². The molecule has 3 nitrogen and oxygen atoms in total. The lowest BCUT2D eigenvalue weighted by molar-refractivity contribution is -0.128. The first kappa shape index (κ1) is 11.5. The van der Waals surface area contributed by atoms with Crippen molar-refractivity contribution < 1.29 is 4.79 Å². The van der Waals surface area contributed by atoms with Gasteiger partial charge in [0.2, 0.25) is 5.91 Å². The Morgan fingerprint density at radius 3 is 2.71 bits per heavy atom. The predicted octanol–water partition coefficient (Wildman–Crippen LogP) is 1.37.